The van der Waals surface area contributed by atoms with Crippen LogP contribution in [0.1, 0.15) is 16.1 Å². The fourth-order valence-electron chi connectivity index (χ4n) is 2.59. The van der Waals surface area contributed by atoms with E-state index in [1.165, 1.54) is 18.2 Å². The highest BCUT2D eigenvalue weighted by atomic mass is 32.1. The lowest BCUT2D eigenvalue weighted by Crippen LogP contribution is -2.11. The Hall–Kier alpha value is -2.99. The second kappa shape index (κ2) is 6.14. The highest BCUT2D eigenvalue weighted by Gasteiger charge is 2.09. The van der Waals surface area contributed by atoms with Crippen LogP contribution in [0.3, 0.4) is 0 Å². The number of fused-ring (bicyclic) bond motifs is 1. The summed E-state index contributed by atoms with van der Waals surface area (Å²) in [6.45, 7) is 2.04. The molecule has 0 aliphatic rings. The van der Waals surface area contributed by atoms with Gasteiger partial charge in [-0.3, -0.25) is 9.20 Å². The zero-order valence-corrected chi connectivity index (χ0v) is 14.2. The monoisotopic (exact) mass is 351 g/mol. The van der Waals surface area contributed by atoms with E-state index in [9.17, 15) is 9.18 Å². The topological polar surface area (TPSA) is 46.4 Å². The molecule has 0 aliphatic carbocycles. The first-order valence-electron chi connectivity index (χ1n) is 7.71. The number of anilines is 1. The van der Waals surface area contributed by atoms with Crippen LogP contribution in [0.5, 0.6) is 0 Å². The summed E-state index contributed by atoms with van der Waals surface area (Å²) in [5, 5.41) is 4.83. The van der Waals surface area contributed by atoms with Crippen molar-refractivity contribution in [1.29, 1.82) is 0 Å². The van der Waals surface area contributed by atoms with Gasteiger partial charge in [-0.05, 0) is 37.3 Å². The number of rotatable bonds is 3. The summed E-state index contributed by atoms with van der Waals surface area (Å²) >= 11 is 1.60. The molecule has 0 atom stereocenters. The molecule has 2 aromatic carbocycles. The first-order valence-corrected chi connectivity index (χ1v) is 8.59. The highest BCUT2D eigenvalue weighted by Crippen LogP contribution is 2.24. The summed E-state index contributed by atoms with van der Waals surface area (Å²) < 4.78 is 15.3. The predicted octanol–water partition coefficient (Wildman–Crippen LogP) is 4.76. The number of nitrogens with one attached hydrogen (secondary N) is 1. The number of carbonyl (C=O) groups is 1. The van der Waals surface area contributed by atoms with Crippen molar-refractivity contribution < 1.29 is 9.18 Å². The van der Waals surface area contributed by atoms with Crippen LogP contribution in [0, 0.1) is 12.7 Å². The van der Waals surface area contributed by atoms with Gasteiger partial charge in [-0.1, -0.05) is 18.2 Å². The van der Waals surface area contributed by atoms with Gasteiger partial charge in [-0.2, -0.15) is 0 Å². The zero-order chi connectivity index (χ0) is 17.4. The number of hydrogen-bond acceptors (Lipinski definition) is 3. The van der Waals surface area contributed by atoms with Crippen LogP contribution >= 0.6 is 11.3 Å². The number of carbonyl (C=O) groups excluding carboxylic acids is 1. The molecule has 0 unspecified atom stereocenters. The van der Waals surface area contributed by atoms with Crippen molar-refractivity contribution in [1.82, 2.24) is 9.38 Å². The molecule has 0 radical (unpaired) electrons. The van der Waals surface area contributed by atoms with E-state index in [-0.39, 0.29) is 11.5 Å². The molecule has 0 spiro atoms. The molecular formula is C19H14FN3OS. The Bertz CT molecular complexity index is 1070. The van der Waals surface area contributed by atoms with E-state index in [1.54, 1.807) is 17.4 Å². The fourth-order valence-corrected chi connectivity index (χ4v) is 3.44. The number of aromatic nitrogens is 2. The van der Waals surface area contributed by atoms with E-state index in [0.29, 0.717) is 5.69 Å². The SMILES string of the molecule is Cc1csc2nc(-c3ccc(NC(=O)c4cccc(F)c4)cc3)cn12. The van der Waals surface area contributed by atoms with Crippen LogP contribution in [0.2, 0.25) is 0 Å². The van der Waals surface area contributed by atoms with E-state index in [2.05, 4.69) is 20.1 Å². The summed E-state index contributed by atoms with van der Waals surface area (Å²) in [6, 6.07) is 13.0. The molecule has 25 heavy (non-hydrogen) atoms. The molecule has 1 N–H and O–H groups in total. The molecular weight excluding hydrogens is 337 g/mol. The van der Waals surface area contributed by atoms with Crippen LogP contribution in [0.4, 0.5) is 10.1 Å². The van der Waals surface area contributed by atoms with Gasteiger partial charge in [-0.15, -0.1) is 11.3 Å². The summed E-state index contributed by atoms with van der Waals surface area (Å²) in [6.07, 6.45) is 2.00. The van der Waals surface area contributed by atoms with Gasteiger partial charge in [0.2, 0.25) is 0 Å². The maximum absolute atomic E-state index is 13.2. The van der Waals surface area contributed by atoms with Gasteiger partial charge in [-0.25, -0.2) is 9.37 Å². The van der Waals surface area contributed by atoms with Crippen LogP contribution in [0.15, 0.2) is 60.1 Å². The van der Waals surface area contributed by atoms with Crippen molar-refractivity contribution in [2.24, 2.45) is 0 Å². The van der Waals surface area contributed by atoms with Crippen LogP contribution < -0.4 is 5.32 Å². The second-order valence-corrected chi connectivity index (χ2v) is 6.53. The molecule has 0 saturated heterocycles. The smallest absolute Gasteiger partial charge is 0.255 e. The molecule has 4 nitrogen and oxygen atoms in total. The Morgan fingerprint density at radius 2 is 2.00 bits per heavy atom. The van der Waals surface area contributed by atoms with Crippen molar-refractivity contribution in [2.75, 3.05) is 5.32 Å². The van der Waals surface area contributed by atoms with Gasteiger partial charge in [0.05, 0.1) is 5.69 Å². The van der Waals surface area contributed by atoms with Gasteiger partial charge in [0.25, 0.3) is 5.91 Å². The summed E-state index contributed by atoms with van der Waals surface area (Å²) in [4.78, 5) is 17.7. The average molecular weight is 351 g/mol. The number of thiazole rings is 1. The third-order valence-corrected chi connectivity index (χ3v) is 4.87. The number of halogens is 1. The summed E-state index contributed by atoms with van der Waals surface area (Å²) in [7, 11) is 0. The van der Waals surface area contributed by atoms with Crippen molar-refractivity contribution in [3.05, 3.63) is 77.2 Å². The lowest BCUT2D eigenvalue weighted by atomic mass is 10.1. The molecule has 4 rings (SSSR count). The molecule has 0 fully saturated rings. The Morgan fingerprint density at radius 3 is 2.72 bits per heavy atom. The first kappa shape index (κ1) is 15.5. The van der Waals surface area contributed by atoms with Crippen molar-refractivity contribution in [3.8, 4) is 11.3 Å². The van der Waals surface area contributed by atoms with E-state index in [0.717, 1.165) is 21.9 Å². The number of nitrogens with zero attached hydrogens (tertiary/aromatic N) is 2. The van der Waals surface area contributed by atoms with Gasteiger partial charge in [0.15, 0.2) is 4.96 Å². The molecule has 0 bridgehead atoms. The lowest BCUT2D eigenvalue weighted by molar-refractivity contribution is 0.102. The number of imidazole rings is 1. The average Bonchev–Trinajstić information content (AvgIpc) is 3.18. The van der Waals surface area contributed by atoms with E-state index in [4.69, 9.17) is 0 Å². The minimum atomic E-state index is -0.432. The van der Waals surface area contributed by atoms with Crippen LogP contribution in [-0.4, -0.2) is 15.3 Å². The molecule has 0 aliphatic heterocycles. The van der Waals surface area contributed by atoms with Crippen molar-refractivity contribution in [2.45, 2.75) is 6.92 Å². The van der Waals surface area contributed by atoms with Gasteiger partial charge in [0, 0.05) is 34.1 Å². The summed E-state index contributed by atoms with van der Waals surface area (Å²) in [5.74, 6) is -0.775. The maximum atomic E-state index is 13.2. The van der Waals surface area contributed by atoms with E-state index in [1.807, 2.05) is 37.4 Å². The first-order chi connectivity index (χ1) is 12.1. The van der Waals surface area contributed by atoms with Crippen molar-refractivity contribution >= 4 is 27.9 Å². The Morgan fingerprint density at radius 1 is 1.20 bits per heavy atom. The Balaban J connectivity index is 1.54. The highest BCUT2D eigenvalue weighted by molar-refractivity contribution is 7.15. The van der Waals surface area contributed by atoms with Gasteiger partial charge in [0.1, 0.15) is 5.82 Å². The maximum Gasteiger partial charge on any atom is 0.255 e. The molecule has 6 heteroatoms. The molecule has 0 saturated carbocycles. The normalized spacial score (nSPS) is 11.0. The molecule has 2 heterocycles. The predicted molar refractivity (Wildman–Crippen MR) is 97.6 cm³/mol. The molecule has 1 amide bonds. The third-order valence-electron chi connectivity index (χ3n) is 3.91. The minimum Gasteiger partial charge on any atom is -0.322 e. The number of benzene rings is 2. The molecule has 2 aromatic heterocycles. The van der Waals surface area contributed by atoms with Crippen LogP contribution in [0.25, 0.3) is 16.2 Å². The minimum absolute atomic E-state index is 0.286. The van der Waals surface area contributed by atoms with Gasteiger partial charge < -0.3 is 5.32 Å². The van der Waals surface area contributed by atoms with E-state index < -0.39 is 5.82 Å². The third kappa shape index (κ3) is 3.04. The largest absolute Gasteiger partial charge is 0.322 e. The Labute approximate surface area is 147 Å². The van der Waals surface area contributed by atoms with E-state index >= 15 is 0 Å². The van der Waals surface area contributed by atoms with Crippen LogP contribution in [-0.2, 0) is 0 Å². The fraction of sp³-hybridized carbons (Fsp3) is 0.0526. The van der Waals surface area contributed by atoms with Gasteiger partial charge >= 0.3 is 0 Å². The number of hydrogen-bond donors (Lipinski definition) is 1. The summed E-state index contributed by atoms with van der Waals surface area (Å²) in [5.41, 5.74) is 3.94. The molecule has 4 aromatic rings. The Kier molecular flexibility index (Phi) is 3.82. The number of aryl methyl sites for hydroxylation is 1. The number of amides is 1. The lowest BCUT2D eigenvalue weighted by Gasteiger charge is -2.06. The quantitative estimate of drug-likeness (QED) is 0.578. The zero-order valence-electron chi connectivity index (χ0n) is 13.4. The molecule has 124 valence electrons. The standard InChI is InChI=1S/C19H14FN3OS/c1-12-11-25-19-22-17(10-23(12)19)13-5-7-16(8-6-13)21-18(24)14-3-2-4-15(20)9-14/h2-11H,1H3,(H,21,24). The van der Waals surface area contributed by atoms with Crippen molar-refractivity contribution in [3.63, 3.8) is 0 Å². The second-order valence-electron chi connectivity index (χ2n) is 5.70.